The average Bonchev–Trinajstić information content (AvgIpc) is 2.41. The van der Waals surface area contributed by atoms with E-state index in [4.69, 9.17) is 4.74 Å². The van der Waals surface area contributed by atoms with Crippen LogP contribution >= 0.6 is 0 Å². The Hall–Kier alpha value is -1.02. The smallest absolute Gasteiger partial charge is 0.0639 e. The van der Waals surface area contributed by atoms with Crippen molar-refractivity contribution in [2.24, 2.45) is 0 Å². The fraction of sp³-hybridized carbons (Fsp3) is 0.647. The lowest BCUT2D eigenvalue weighted by atomic mass is 10.0. The molecule has 0 fully saturated rings. The molecular weight excluding hydrogens is 234 g/mol. The minimum atomic E-state index is -0.0485. The lowest BCUT2D eigenvalue weighted by Gasteiger charge is -2.23. The first-order valence-electron chi connectivity index (χ1n) is 7.45. The van der Waals surface area contributed by atoms with Crippen LogP contribution in [0.3, 0.4) is 0 Å². The van der Waals surface area contributed by atoms with Crippen molar-refractivity contribution in [2.45, 2.75) is 58.5 Å². The number of methoxy groups -OCH3 is 1. The molecule has 1 rings (SSSR count). The molecule has 0 aromatic heterocycles. The number of anilines is 1. The minimum Gasteiger partial charge on any atom is -0.385 e. The van der Waals surface area contributed by atoms with Gasteiger partial charge in [-0.25, -0.2) is 0 Å². The molecule has 0 atom stereocenters. The molecule has 19 heavy (non-hydrogen) atoms. The van der Waals surface area contributed by atoms with Gasteiger partial charge in [-0.3, -0.25) is 0 Å². The molecule has 0 saturated carbocycles. The van der Waals surface area contributed by atoms with Crippen LogP contribution < -0.4 is 5.32 Å². The number of benzene rings is 1. The van der Waals surface area contributed by atoms with E-state index < -0.39 is 0 Å². The van der Waals surface area contributed by atoms with E-state index in [0.29, 0.717) is 0 Å². The number of ether oxygens (including phenoxy) is 1. The molecule has 0 aliphatic carbocycles. The van der Waals surface area contributed by atoms with Crippen LogP contribution in [0, 0.1) is 0 Å². The number of rotatable bonds is 9. The van der Waals surface area contributed by atoms with E-state index in [1.165, 1.54) is 36.9 Å². The first-order chi connectivity index (χ1) is 9.07. The molecular formula is C17H29NO. The molecule has 0 radical (unpaired) electrons. The van der Waals surface area contributed by atoms with Gasteiger partial charge in [-0.1, -0.05) is 31.9 Å². The van der Waals surface area contributed by atoms with Crippen LogP contribution in [-0.2, 0) is 11.2 Å². The zero-order chi connectivity index (χ0) is 14.1. The third-order valence-corrected chi connectivity index (χ3v) is 3.63. The lowest BCUT2D eigenvalue weighted by molar-refractivity contribution is 0.0185. The number of aryl methyl sites for hydroxylation is 1. The molecule has 0 heterocycles. The predicted octanol–water partition coefficient (Wildman–Crippen LogP) is 4.65. The van der Waals surface area contributed by atoms with E-state index in [-0.39, 0.29) is 5.60 Å². The topological polar surface area (TPSA) is 21.3 Å². The quantitative estimate of drug-likeness (QED) is 0.655. The zero-order valence-corrected chi connectivity index (χ0v) is 13.0. The Morgan fingerprint density at radius 2 is 1.79 bits per heavy atom. The fourth-order valence-electron chi connectivity index (χ4n) is 1.98. The van der Waals surface area contributed by atoms with E-state index >= 15 is 0 Å². The Labute approximate surface area is 118 Å². The van der Waals surface area contributed by atoms with E-state index in [2.05, 4.69) is 50.4 Å². The van der Waals surface area contributed by atoms with Gasteiger partial charge in [0.1, 0.15) is 0 Å². The molecule has 0 bridgehead atoms. The van der Waals surface area contributed by atoms with Gasteiger partial charge in [0.25, 0.3) is 0 Å². The summed E-state index contributed by atoms with van der Waals surface area (Å²) in [6.45, 7) is 7.42. The molecule has 0 saturated heterocycles. The van der Waals surface area contributed by atoms with Crippen molar-refractivity contribution in [2.75, 3.05) is 19.0 Å². The van der Waals surface area contributed by atoms with Crippen LogP contribution in [0.1, 0.15) is 52.0 Å². The summed E-state index contributed by atoms with van der Waals surface area (Å²) >= 11 is 0. The van der Waals surface area contributed by atoms with Gasteiger partial charge < -0.3 is 10.1 Å². The Bertz CT molecular complexity index is 343. The molecule has 108 valence electrons. The third kappa shape index (κ3) is 6.63. The second-order valence-corrected chi connectivity index (χ2v) is 5.79. The molecule has 1 aromatic rings. The summed E-state index contributed by atoms with van der Waals surface area (Å²) in [4.78, 5) is 0. The van der Waals surface area contributed by atoms with Crippen LogP contribution in [0.4, 0.5) is 5.69 Å². The van der Waals surface area contributed by atoms with Crippen molar-refractivity contribution in [3.05, 3.63) is 29.8 Å². The number of hydrogen-bond acceptors (Lipinski definition) is 2. The summed E-state index contributed by atoms with van der Waals surface area (Å²) in [5.74, 6) is 0. The fourth-order valence-corrected chi connectivity index (χ4v) is 1.98. The summed E-state index contributed by atoms with van der Waals surface area (Å²) in [5.41, 5.74) is 2.59. The average molecular weight is 263 g/mol. The van der Waals surface area contributed by atoms with Crippen molar-refractivity contribution >= 4 is 5.69 Å². The Morgan fingerprint density at radius 1 is 1.11 bits per heavy atom. The van der Waals surface area contributed by atoms with Crippen molar-refractivity contribution in [3.63, 3.8) is 0 Å². The number of unbranched alkanes of at least 4 members (excludes halogenated alkanes) is 2. The summed E-state index contributed by atoms with van der Waals surface area (Å²) in [5, 5.41) is 3.45. The normalized spacial score (nSPS) is 11.6. The first-order valence-corrected chi connectivity index (χ1v) is 7.45. The van der Waals surface area contributed by atoms with Gasteiger partial charge in [-0.2, -0.15) is 0 Å². The maximum absolute atomic E-state index is 5.41. The standard InChI is InChI=1S/C17H29NO/c1-5-6-7-8-15-9-11-16(12-10-15)18-14-13-17(2,3)19-4/h9-12,18H,5-8,13-14H2,1-4H3. The SMILES string of the molecule is CCCCCc1ccc(NCCC(C)(C)OC)cc1. The van der Waals surface area contributed by atoms with Crippen LogP contribution in [0.5, 0.6) is 0 Å². The van der Waals surface area contributed by atoms with Crippen LogP contribution in [0.2, 0.25) is 0 Å². The summed E-state index contributed by atoms with van der Waals surface area (Å²) < 4.78 is 5.41. The highest BCUT2D eigenvalue weighted by molar-refractivity contribution is 5.44. The first kappa shape index (κ1) is 16.0. The minimum absolute atomic E-state index is 0.0485. The maximum Gasteiger partial charge on any atom is 0.0639 e. The molecule has 2 heteroatoms. The van der Waals surface area contributed by atoms with E-state index in [1.807, 2.05) is 0 Å². The van der Waals surface area contributed by atoms with Crippen molar-refractivity contribution in [1.29, 1.82) is 0 Å². The van der Waals surface area contributed by atoms with Gasteiger partial charge >= 0.3 is 0 Å². The highest BCUT2D eigenvalue weighted by atomic mass is 16.5. The lowest BCUT2D eigenvalue weighted by Crippen LogP contribution is -2.25. The summed E-state index contributed by atoms with van der Waals surface area (Å²) in [6, 6.07) is 8.83. The van der Waals surface area contributed by atoms with E-state index in [1.54, 1.807) is 7.11 Å². The largest absolute Gasteiger partial charge is 0.385 e. The summed E-state index contributed by atoms with van der Waals surface area (Å²) in [7, 11) is 1.77. The number of nitrogens with one attached hydrogen (secondary N) is 1. The second kappa shape index (κ2) is 8.21. The third-order valence-electron chi connectivity index (χ3n) is 3.63. The monoisotopic (exact) mass is 263 g/mol. The highest BCUT2D eigenvalue weighted by Gasteiger charge is 2.14. The Balaban J connectivity index is 2.32. The zero-order valence-electron chi connectivity index (χ0n) is 13.0. The Kier molecular flexibility index (Phi) is 6.93. The van der Waals surface area contributed by atoms with E-state index in [9.17, 15) is 0 Å². The highest BCUT2D eigenvalue weighted by Crippen LogP contribution is 2.15. The number of hydrogen-bond donors (Lipinski definition) is 1. The van der Waals surface area contributed by atoms with Crippen LogP contribution in [0.25, 0.3) is 0 Å². The van der Waals surface area contributed by atoms with Gasteiger partial charge in [0.2, 0.25) is 0 Å². The van der Waals surface area contributed by atoms with Gasteiger partial charge in [-0.15, -0.1) is 0 Å². The van der Waals surface area contributed by atoms with Gasteiger partial charge in [0.05, 0.1) is 5.60 Å². The maximum atomic E-state index is 5.41. The van der Waals surface area contributed by atoms with Crippen molar-refractivity contribution in [1.82, 2.24) is 0 Å². The van der Waals surface area contributed by atoms with Crippen molar-refractivity contribution in [3.8, 4) is 0 Å². The molecule has 0 amide bonds. The van der Waals surface area contributed by atoms with Crippen molar-refractivity contribution < 1.29 is 4.74 Å². The molecule has 2 nitrogen and oxygen atoms in total. The molecule has 0 aliphatic heterocycles. The van der Waals surface area contributed by atoms with Crippen LogP contribution in [-0.4, -0.2) is 19.3 Å². The molecule has 0 unspecified atom stereocenters. The molecule has 1 aromatic carbocycles. The van der Waals surface area contributed by atoms with Gasteiger partial charge in [-0.05, 0) is 50.8 Å². The molecule has 0 spiro atoms. The molecule has 0 aliphatic rings. The second-order valence-electron chi connectivity index (χ2n) is 5.79. The van der Waals surface area contributed by atoms with Crippen LogP contribution in [0.15, 0.2) is 24.3 Å². The van der Waals surface area contributed by atoms with Gasteiger partial charge in [0.15, 0.2) is 0 Å². The van der Waals surface area contributed by atoms with E-state index in [0.717, 1.165) is 13.0 Å². The predicted molar refractivity (Wildman–Crippen MR) is 83.9 cm³/mol. The summed E-state index contributed by atoms with van der Waals surface area (Å²) in [6.07, 6.45) is 6.11. The molecule has 1 N–H and O–H groups in total. The Morgan fingerprint density at radius 3 is 2.37 bits per heavy atom. The van der Waals surface area contributed by atoms with Gasteiger partial charge in [0, 0.05) is 19.3 Å².